The summed E-state index contributed by atoms with van der Waals surface area (Å²) in [5.41, 5.74) is 0.570. The molecule has 0 unspecified atom stereocenters. The molecule has 0 saturated heterocycles. The lowest BCUT2D eigenvalue weighted by molar-refractivity contribution is -0.114. The molecule has 0 fully saturated rings. The number of aromatic carboxylic acids is 1. The summed E-state index contributed by atoms with van der Waals surface area (Å²) in [4.78, 5) is 21.8. The van der Waals surface area contributed by atoms with E-state index in [1.165, 1.54) is 19.1 Å². The summed E-state index contributed by atoms with van der Waals surface area (Å²) < 4.78 is 0. The Kier molecular flexibility index (Phi) is 2.89. The summed E-state index contributed by atoms with van der Waals surface area (Å²) in [6.07, 6.45) is 0. The van der Waals surface area contributed by atoms with Gasteiger partial charge in [-0.1, -0.05) is 6.07 Å². The third-order valence-corrected chi connectivity index (χ3v) is 2.50. The van der Waals surface area contributed by atoms with Crippen LogP contribution in [0.2, 0.25) is 0 Å². The molecule has 0 radical (unpaired) electrons. The zero-order valence-electron chi connectivity index (χ0n) is 9.60. The van der Waals surface area contributed by atoms with Crippen LogP contribution in [-0.2, 0) is 4.79 Å². The summed E-state index contributed by atoms with van der Waals surface area (Å²) >= 11 is 0. The number of anilines is 1. The van der Waals surface area contributed by atoms with Gasteiger partial charge in [0.2, 0.25) is 5.91 Å². The number of hydrogen-bond acceptors (Lipinski definition) is 3. The van der Waals surface area contributed by atoms with Crippen molar-refractivity contribution in [2.45, 2.75) is 6.92 Å². The molecule has 5 heteroatoms. The maximum Gasteiger partial charge on any atom is 0.335 e. The third-order valence-electron chi connectivity index (χ3n) is 2.50. The minimum absolute atomic E-state index is 0.0206. The molecule has 18 heavy (non-hydrogen) atoms. The Morgan fingerprint density at radius 2 is 1.89 bits per heavy atom. The van der Waals surface area contributed by atoms with Crippen LogP contribution >= 0.6 is 0 Å². The number of hydrogen-bond donors (Lipinski definition) is 3. The van der Waals surface area contributed by atoms with Gasteiger partial charge in [-0.05, 0) is 29.7 Å². The highest BCUT2D eigenvalue weighted by Gasteiger charge is 2.09. The Bertz CT molecular complexity index is 649. The van der Waals surface area contributed by atoms with Crippen LogP contribution in [0.15, 0.2) is 30.3 Å². The Balaban J connectivity index is 2.57. The number of carbonyl (C=O) groups excluding carboxylic acids is 1. The number of aromatic hydroxyl groups is 1. The highest BCUT2D eigenvalue weighted by atomic mass is 16.4. The second kappa shape index (κ2) is 4.37. The molecule has 2 aromatic rings. The number of rotatable bonds is 2. The van der Waals surface area contributed by atoms with E-state index >= 15 is 0 Å². The van der Waals surface area contributed by atoms with Gasteiger partial charge in [0.1, 0.15) is 5.75 Å². The lowest BCUT2D eigenvalue weighted by atomic mass is 10.0. The standard InChI is InChI=1S/C13H11NO4/c1-7(15)14-10-3-2-8-4-9(13(17)18)5-12(16)11(8)6-10/h2-6,16H,1H3,(H,14,15)(H,17,18). The van der Waals surface area contributed by atoms with Crippen molar-refractivity contribution in [3.05, 3.63) is 35.9 Å². The molecule has 5 nitrogen and oxygen atoms in total. The monoisotopic (exact) mass is 245 g/mol. The highest BCUT2D eigenvalue weighted by molar-refractivity contribution is 6.00. The predicted octanol–water partition coefficient (Wildman–Crippen LogP) is 2.20. The minimum Gasteiger partial charge on any atom is -0.507 e. The van der Waals surface area contributed by atoms with Crippen LogP contribution in [0.5, 0.6) is 5.75 Å². The summed E-state index contributed by atoms with van der Waals surface area (Å²) in [6, 6.07) is 7.54. The van der Waals surface area contributed by atoms with Gasteiger partial charge >= 0.3 is 5.97 Å². The predicted molar refractivity (Wildman–Crippen MR) is 66.9 cm³/mol. The van der Waals surface area contributed by atoms with Gasteiger partial charge in [-0.15, -0.1) is 0 Å². The maximum atomic E-state index is 10.9. The number of nitrogens with one attached hydrogen (secondary N) is 1. The number of fused-ring (bicyclic) bond motifs is 1. The van der Waals surface area contributed by atoms with Gasteiger partial charge in [0, 0.05) is 18.0 Å². The van der Waals surface area contributed by atoms with Crippen molar-refractivity contribution in [2.75, 3.05) is 5.32 Å². The average Bonchev–Trinajstić information content (AvgIpc) is 2.28. The van der Waals surface area contributed by atoms with Crippen molar-refractivity contribution in [2.24, 2.45) is 0 Å². The molecule has 3 N–H and O–H groups in total. The smallest absolute Gasteiger partial charge is 0.335 e. The van der Waals surface area contributed by atoms with Crippen LogP contribution in [0.4, 0.5) is 5.69 Å². The van der Waals surface area contributed by atoms with Crippen molar-refractivity contribution in [1.29, 1.82) is 0 Å². The number of phenolic OH excluding ortho intramolecular Hbond substituents is 1. The van der Waals surface area contributed by atoms with E-state index in [1.54, 1.807) is 18.2 Å². The van der Waals surface area contributed by atoms with Crippen LogP contribution in [-0.4, -0.2) is 22.1 Å². The van der Waals surface area contributed by atoms with Gasteiger partial charge in [-0.2, -0.15) is 0 Å². The fourth-order valence-corrected chi connectivity index (χ4v) is 1.74. The van der Waals surface area contributed by atoms with Gasteiger partial charge in [-0.3, -0.25) is 4.79 Å². The number of carboxylic acid groups (broad SMARTS) is 1. The topological polar surface area (TPSA) is 86.6 Å². The van der Waals surface area contributed by atoms with Crippen molar-refractivity contribution in [3.63, 3.8) is 0 Å². The minimum atomic E-state index is -1.10. The summed E-state index contributed by atoms with van der Waals surface area (Å²) in [5, 5.41) is 22.3. The Morgan fingerprint density at radius 3 is 2.50 bits per heavy atom. The van der Waals surface area contributed by atoms with E-state index in [2.05, 4.69) is 5.32 Å². The van der Waals surface area contributed by atoms with E-state index in [0.717, 1.165) is 0 Å². The van der Waals surface area contributed by atoms with Crippen LogP contribution in [0, 0.1) is 0 Å². The lowest BCUT2D eigenvalue weighted by Gasteiger charge is -2.07. The van der Waals surface area contributed by atoms with Gasteiger partial charge in [0.25, 0.3) is 0 Å². The van der Waals surface area contributed by atoms with E-state index < -0.39 is 5.97 Å². The molecule has 0 aromatic heterocycles. The normalized spacial score (nSPS) is 10.3. The molecule has 2 aromatic carbocycles. The molecule has 92 valence electrons. The molecule has 2 rings (SSSR count). The first-order chi connectivity index (χ1) is 8.47. The molecule has 0 aliphatic rings. The molecule has 0 aliphatic heterocycles. The van der Waals surface area contributed by atoms with Crippen LogP contribution in [0.1, 0.15) is 17.3 Å². The van der Waals surface area contributed by atoms with Crippen molar-refractivity contribution < 1.29 is 19.8 Å². The third kappa shape index (κ3) is 2.24. The van der Waals surface area contributed by atoms with Gasteiger partial charge in [0.05, 0.1) is 5.56 Å². The number of carbonyl (C=O) groups is 2. The molecular formula is C13H11NO4. The molecule has 0 bridgehead atoms. The molecule has 1 amide bonds. The van der Waals surface area contributed by atoms with E-state index in [-0.39, 0.29) is 17.2 Å². The van der Waals surface area contributed by atoms with E-state index in [4.69, 9.17) is 5.11 Å². The van der Waals surface area contributed by atoms with Crippen molar-refractivity contribution >= 4 is 28.3 Å². The van der Waals surface area contributed by atoms with Gasteiger partial charge < -0.3 is 15.5 Å². The lowest BCUT2D eigenvalue weighted by Crippen LogP contribution is -2.05. The highest BCUT2D eigenvalue weighted by Crippen LogP contribution is 2.29. The van der Waals surface area contributed by atoms with E-state index in [9.17, 15) is 14.7 Å². The van der Waals surface area contributed by atoms with Crippen molar-refractivity contribution in [3.8, 4) is 5.75 Å². The first-order valence-electron chi connectivity index (χ1n) is 5.25. The number of carboxylic acids is 1. The van der Waals surface area contributed by atoms with Crippen LogP contribution in [0.3, 0.4) is 0 Å². The molecule has 0 spiro atoms. The summed E-state index contributed by atoms with van der Waals surface area (Å²) in [7, 11) is 0. The van der Waals surface area contributed by atoms with E-state index in [0.29, 0.717) is 16.5 Å². The SMILES string of the molecule is CC(=O)Nc1ccc2cc(C(=O)O)cc(O)c2c1. The molecule has 0 saturated carbocycles. The maximum absolute atomic E-state index is 10.9. The number of phenols is 1. The Labute approximate surface area is 103 Å². The molecule has 0 aliphatic carbocycles. The Morgan fingerprint density at radius 1 is 1.17 bits per heavy atom. The zero-order valence-corrected chi connectivity index (χ0v) is 9.60. The number of amides is 1. The second-order valence-corrected chi connectivity index (χ2v) is 3.92. The molecule has 0 heterocycles. The quantitative estimate of drug-likeness (QED) is 0.757. The Hall–Kier alpha value is -2.56. The average molecular weight is 245 g/mol. The summed E-state index contributed by atoms with van der Waals surface area (Å²) in [6.45, 7) is 1.39. The zero-order chi connectivity index (χ0) is 13.3. The van der Waals surface area contributed by atoms with Crippen LogP contribution < -0.4 is 5.32 Å². The van der Waals surface area contributed by atoms with E-state index in [1.807, 2.05) is 0 Å². The summed E-state index contributed by atoms with van der Waals surface area (Å²) in [5.74, 6) is -1.44. The first kappa shape index (κ1) is 11.9. The van der Waals surface area contributed by atoms with Crippen molar-refractivity contribution in [1.82, 2.24) is 0 Å². The molecular weight excluding hydrogens is 234 g/mol. The second-order valence-electron chi connectivity index (χ2n) is 3.92. The fourth-order valence-electron chi connectivity index (χ4n) is 1.74. The van der Waals surface area contributed by atoms with Gasteiger partial charge in [0.15, 0.2) is 0 Å². The number of benzene rings is 2. The largest absolute Gasteiger partial charge is 0.507 e. The fraction of sp³-hybridized carbons (Fsp3) is 0.0769. The van der Waals surface area contributed by atoms with Crippen LogP contribution in [0.25, 0.3) is 10.8 Å². The first-order valence-corrected chi connectivity index (χ1v) is 5.25. The van der Waals surface area contributed by atoms with Gasteiger partial charge in [-0.25, -0.2) is 4.79 Å². The molecule has 0 atom stereocenters.